The minimum absolute atomic E-state index is 0.127. The SMILES string of the molecule is Cc1cc(C)n2nc(C(=O)Nc3ccccc3N3CCCCCC3)nc2n1. The Labute approximate surface area is 158 Å². The highest BCUT2D eigenvalue weighted by atomic mass is 16.2. The number of nitrogens with one attached hydrogen (secondary N) is 1. The van der Waals surface area contributed by atoms with E-state index in [1.165, 1.54) is 25.7 Å². The third-order valence-electron chi connectivity index (χ3n) is 4.92. The Morgan fingerprint density at radius 2 is 1.78 bits per heavy atom. The van der Waals surface area contributed by atoms with E-state index in [0.29, 0.717) is 5.78 Å². The second-order valence-corrected chi connectivity index (χ2v) is 7.06. The number of rotatable bonds is 3. The molecule has 7 heteroatoms. The molecule has 1 N–H and O–H groups in total. The molecule has 27 heavy (non-hydrogen) atoms. The van der Waals surface area contributed by atoms with Gasteiger partial charge in [-0.2, -0.15) is 4.98 Å². The molecule has 0 atom stereocenters. The number of nitrogens with zero attached hydrogens (tertiary/aromatic N) is 5. The van der Waals surface area contributed by atoms with Gasteiger partial charge in [-0.05, 0) is 44.9 Å². The summed E-state index contributed by atoms with van der Waals surface area (Å²) in [5, 5.41) is 7.32. The summed E-state index contributed by atoms with van der Waals surface area (Å²) in [5.74, 6) is 0.250. The average Bonchev–Trinajstić information content (AvgIpc) is 2.90. The van der Waals surface area contributed by atoms with Gasteiger partial charge in [0.05, 0.1) is 11.4 Å². The van der Waals surface area contributed by atoms with E-state index in [-0.39, 0.29) is 11.7 Å². The molecule has 0 unspecified atom stereocenters. The van der Waals surface area contributed by atoms with Crippen molar-refractivity contribution < 1.29 is 4.79 Å². The molecule has 1 aromatic carbocycles. The topological polar surface area (TPSA) is 75.4 Å². The summed E-state index contributed by atoms with van der Waals surface area (Å²) in [4.78, 5) is 23.8. The highest BCUT2D eigenvalue weighted by Crippen LogP contribution is 2.28. The molecule has 4 rings (SSSR count). The molecule has 1 saturated heterocycles. The number of carbonyl (C=O) groups excluding carboxylic acids is 1. The Balaban J connectivity index is 1.61. The fourth-order valence-corrected chi connectivity index (χ4v) is 3.61. The zero-order chi connectivity index (χ0) is 18.8. The summed E-state index contributed by atoms with van der Waals surface area (Å²) >= 11 is 0. The fraction of sp³-hybridized carbons (Fsp3) is 0.400. The number of aromatic nitrogens is 4. The molecule has 1 fully saturated rings. The number of amides is 1. The van der Waals surface area contributed by atoms with Crippen LogP contribution in [0.2, 0.25) is 0 Å². The summed E-state index contributed by atoms with van der Waals surface area (Å²) in [6, 6.07) is 9.85. The lowest BCUT2D eigenvalue weighted by atomic mass is 10.2. The quantitative estimate of drug-likeness (QED) is 0.771. The maximum Gasteiger partial charge on any atom is 0.295 e. The second kappa shape index (κ2) is 7.34. The van der Waals surface area contributed by atoms with Crippen LogP contribution in [0, 0.1) is 13.8 Å². The Hall–Kier alpha value is -2.96. The van der Waals surface area contributed by atoms with Gasteiger partial charge in [0.1, 0.15) is 0 Å². The highest BCUT2D eigenvalue weighted by Gasteiger charge is 2.18. The van der Waals surface area contributed by atoms with Gasteiger partial charge < -0.3 is 10.2 Å². The molecule has 1 aliphatic heterocycles. The molecule has 0 bridgehead atoms. The smallest absolute Gasteiger partial charge is 0.295 e. The van der Waals surface area contributed by atoms with E-state index in [1.54, 1.807) is 4.52 Å². The van der Waals surface area contributed by atoms with Gasteiger partial charge in [0.2, 0.25) is 5.82 Å². The lowest BCUT2D eigenvalue weighted by molar-refractivity contribution is 0.101. The van der Waals surface area contributed by atoms with Crippen LogP contribution >= 0.6 is 0 Å². The van der Waals surface area contributed by atoms with Crippen molar-refractivity contribution in [2.45, 2.75) is 39.5 Å². The first-order valence-electron chi connectivity index (χ1n) is 9.48. The van der Waals surface area contributed by atoms with Gasteiger partial charge in [-0.3, -0.25) is 4.79 Å². The maximum atomic E-state index is 12.8. The largest absolute Gasteiger partial charge is 0.370 e. The number of aryl methyl sites for hydroxylation is 2. The van der Waals surface area contributed by atoms with E-state index >= 15 is 0 Å². The van der Waals surface area contributed by atoms with Crippen molar-refractivity contribution in [2.75, 3.05) is 23.3 Å². The maximum absolute atomic E-state index is 12.8. The van der Waals surface area contributed by atoms with E-state index in [4.69, 9.17) is 0 Å². The van der Waals surface area contributed by atoms with Gasteiger partial charge in [-0.1, -0.05) is 25.0 Å². The van der Waals surface area contributed by atoms with Crippen LogP contribution in [0.5, 0.6) is 0 Å². The van der Waals surface area contributed by atoms with Crippen LogP contribution in [0.1, 0.15) is 47.7 Å². The van der Waals surface area contributed by atoms with Gasteiger partial charge in [-0.25, -0.2) is 9.50 Å². The van der Waals surface area contributed by atoms with Crippen molar-refractivity contribution in [3.05, 3.63) is 47.5 Å². The van der Waals surface area contributed by atoms with E-state index in [9.17, 15) is 4.79 Å². The zero-order valence-electron chi connectivity index (χ0n) is 15.8. The van der Waals surface area contributed by atoms with Crippen molar-refractivity contribution in [1.29, 1.82) is 0 Å². The number of carbonyl (C=O) groups is 1. The predicted octanol–water partition coefficient (Wildman–Crippen LogP) is 3.37. The summed E-state index contributed by atoms with van der Waals surface area (Å²) in [5.41, 5.74) is 3.60. The second-order valence-electron chi connectivity index (χ2n) is 7.06. The van der Waals surface area contributed by atoms with Crippen LogP contribution < -0.4 is 10.2 Å². The van der Waals surface area contributed by atoms with Gasteiger partial charge in [-0.15, -0.1) is 5.10 Å². The van der Waals surface area contributed by atoms with Crippen molar-refractivity contribution in [3.8, 4) is 0 Å². The summed E-state index contributed by atoms with van der Waals surface area (Å²) in [6.45, 7) is 5.86. The molecule has 2 aromatic heterocycles. The number of fused-ring (bicyclic) bond motifs is 1. The van der Waals surface area contributed by atoms with Crippen molar-refractivity contribution in [2.24, 2.45) is 0 Å². The van der Waals surface area contributed by atoms with E-state index < -0.39 is 0 Å². The first kappa shape index (κ1) is 17.5. The molecule has 0 spiro atoms. The Bertz CT molecular complexity index is 972. The van der Waals surface area contributed by atoms with Gasteiger partial charge in [0.25, 0.3) is 11.7 Å². The zero-order valence-corrected chi connectivity index (χ0v) is 15.8. The van der Waals surface area contributed by atoms with Crippen molar-refractivity contribution in [3.63, 3.8) is 0 Å². The molecular weight excluding hydrogens is 340 g/mol. The number of hydrogen-bond acceptors (Lipinski definition) is 5. The van der Waals surface area contributed by atoms with Crippen LogP contribution in [0.4, 0.5) is 11.4 Å². The molecule has 140 valence electrons. The molecule has 3 aromatic rings. The molecule has 0 radical (unpaired) electrons. The third-order valence-corrected chi connectivity index (χ3v) is 4.92. The Kier molecular flexibility index (Phi) is 4.75. The Morgan fingerprint density at radius 3 is 2.56 bits per heavy atom. The fourth-order valence-electron chi connectivity index (χ4n) is 3.61. The van der Waals surface area contributed by atoms with Crippen molar-refractivity contribution >= 4 is 23.1 Å². The van der Waals surface area contributed by atoms with Crippen LogP contribution in [0.3, 0.4) is 0 Å². The lowest BCUT2D eigenvalue weighted by Gasteiger charge is -2.25. The first-order valence-corrected chi connectivity index (χ1v) is 9.48. The van der Waals surface area contributed by atoms with Gasteiger partial charge in [0, 0.05) is 24.5 Å². The van der Waals surface area contributed by atoms with E-state index in [0.717, 1.165) is 35.9 Å². The monoisotopic (exact) mass is 364 g/mol. The molecule has 0 saturated carbocycles. The van der Waals surface area contributed by atoms with Crippen LogP contribution in [-0.4, -0.2) is 38.6 Å². The molecule has 1 amide bonds. The predicted molar refractivity (Wildman–Crippen MR) is 105 cm³/mol. The lowest BCUT2D eigenvalue weighted by Crippen LogP contribution is -2.26. The highest BCUT2D eigenvalue weighted by molar-refractivity contribution is 6.03. The van der Waals surface area contributed by atoms with Gasteiger partial charge >= 0.3 is 0 Å². The van der Waals surface area contributed by atoms with E-state index in [1.807, 2.05) is 38.1 Å². The number of para-hydroxylation sites is 2. The summed E-state index contributed by atoms with van der Waals surface area (Å²) in [6.07, 6.45) is 4.89. The van der Waals surface area contributed by atoms with Crippen molar-refractivity contribution in [1.82, 2.24) is 19.6 Å². The standard InChI is InChI=1S/C20H24N6O/c1-14-13-15(2)26-20(21-14)23-18(24-26)19(27)22-16-9-5-6-10-17(16)25-11-7-3-4-8-12-25/h5-6,9-10,13H,3-4,7-8,11-12H2,1-2H3,(H,22,27). The number of benzene rings is 1. The minimum Gasteiger partial charge on any atom is -0.370 e. The normalized spacial score (nSPS) is 15.0. The van der Waals surface area contributed by atoms with Gasteiger partial charge in [0.15, 0.2) is 0 Å². The molecule has 3 heterocycles. The molecule has 1 aliphatic rings. The van der Waals surface area contributed by atoms with Crippen LogP contribution in [0.25, 0.3) is 5.78 Å². The minimum atomic E-state index is -0.320. The third kappa shape index (κ3) is 3.63. The molecular formula is C20H24N6O. The van der Waals surface area contributed by atoms with Crippen LogP contribution in [0.15, 0.2) is 30.3 Å². The Morgan fingerprint density at radius 1 is 1.04 bits per heavy atom. The average molecular weight is 364 g/mol. The molecule has 0 aliphatic carbocycles. The number of hydrogen-bond donors (Lipinski definition) is 1. The van der Waals surface area contributed by atoms with Crippen LogP contribution in [-0.2, 0) is 0 Å². The summed E-state index contributed by atoms with van der Waals surface area (Å²) in [7, 11) is 0. The van der Waals surface area contributed by atoms with E-state index in [2.05, 4.69) is 31.3 Å². The summed E-state index contributed by atoms with van der Waals surface area (Å²) < 4.78 is 1.60. The molecule has 7 nitrogen and oxygen atoms in total. The number of anilines is 2. The first-order chi connectivity index (χ1) is 13.1.